The van der Waals surface area contributed by atoms with Crippen molar-refractivity contribution in [3.8, 4) is 0 Å². The zero-order chi connectivity index (χ0) is 18.7. The molecule has 6 heteroatoms. The highest BCUT2D eigenvalue weighted by Crippen LogP contribution is 2.40. The molecule has 1 aliphatic carbocycles. The van der Waals surface area contributed by atoms with Crippen LogP contribution in [0.3, 0.4) is 0 Å². The fourth-order valence-electron chi connectivity index (χ4n) is 3.06. The van der Waals surface area contributed by atoms with Crippen LogP contribution in [-0.2, 0) is 22.4 Å². The second kappa shape index (κ2) is 7.83. The quantitative estimate of drug-likeness (QED) is 0.636. The number of benzene rings is 1. The molecule has 4 nitrogen and oxygen atoms in total. The lowest BCUT2D eigenvalue weighted by molar-refractivity contribution is -0.111. The summed E-state index contributed by atoms with van der Waals surface area (Å²) in [5.41, 5.74) is 2.19. The first-order chi connectivity index (χ1) is 12.5. The summed E-state index contributed by atoms with van der Waals surface area (Å²) < 4.78 is 17.8. The molecule has 136 valence electrons. The number of amides is 1. The Morgan fingerprint density at radius 1 is 1.31 bits per heavy atom. The van der Waals surface area contributed by atoms with E-state index in [1.54, 1.807) is 18.2 Å². The Morgan fingerprint density at radius 2 is 2.04 bits per heavy atom. The molecular formula is C20H20FNO3S. The van der Waals surface area contributed by atoms with E-state index in [1.807, 2.05) is 0 Å². The molecule has 0 aliphatic heterocycles. The molecule has 1 aromatic heterocycles. The summed E-state index contributed by atoms with van der Waals surface area (Å²) in [6.45, 7) is 2.18. The zero-order valence-corrected chi connectivity index (χ0v) is 15.5. The second-order valence-electron chi connectivity index (χ2n) is 6.42. The molecular weight excluding hydrogens is 353 g/mol. The second-order valence-corrected chi connectivity index (χ2v) is 7.53. The third kappa shape index (κ3) is 4.02. The Morgan fingerprint density at radius 3 is 2.73 bits per heavy atom. The number of methoxy groups -OCH3 is 1. The van der Waals surface area contributed by atoms with Gasteiger partial charge in [-0.15, -0.1) is 11.3 Å². The van der Waals surface area contributed by atoms with Gasteiger partial charge < -0.3 is 10.1 Å². The maximum Gasteiger partial charge on any atom is 0.341 e. The third-order valence-electron chi connectivity index (χ3n) is 4.44. The predicted octanol–water partition coefficient (Wildman–Crippen LogP) is 4.45. The van der Waals surface area contributed by atoms with Crippen molar-refractivity contribution in [1.82, 2.24) is 0 Å². The Hall–Kier alpha value is -2.47. The molecule has 3 rings (SSSR count). The van der Waals surface area contributed by atoms with E-state index in [1.165, 1.54) is 36.7 Å². The Labute approximate surface area is 155 Å². The van der Waals surface area contributed by atoms with E-state index in [0.29, 0.717) is 22.0 Å². The molecule has 1 unspecified atom stereocenters. The monoisotopic (exact) mass is 373 g/mol. The summed E-state index contributed by atoms with van der Waals surface area (Å²) in [5.74, 6) is -0.526. The molecule has 1 aliphatic rings. The number of carbonyl (C=O) groups is 2. The van der Waals surface area contributed by atoms with Crippen molar-refractivity contribution >= 4 is 34.3 Å². The van der Waals surface area contributed by atoms with Gasteiger partial charge in [0.05, 0.1) is 12.7 Å². The highest BCUT2D eigenvalue weighted by molar-refractivity contribution is 7.17. The number of nitrogens with one attached hydrogen (secondary N) is 1. The highest BCUT2D eigenvalue weighted by atomic mass is 32.1. The highest BCUT2D eigenvalue weighted by Gasteiger charge is 2.28. The molecule has 0 spiro atoms. The van der Waals surface area contributed by atoms with Crippen LogP contribution in [0.2, 0.25) is 0 Å². The van der Waals surface area contributed by atoms with Gasteiger partial charge in [-0.25, -0.2) is 9.18 Å². The number of fused-ring (bicyclic) bond motifs is 1. The number of hydrogen-bond donors (Lipinski definition) is 1. The Bertz CT molecular complexity index is 855. The van der Waals surface area contributed by atoms with Crippen LogP contribution in [0.5, 0.6) is 0 Å². The fourth-order valence-corrected chi connectivity index (χ4v) is 4.46. The van der Waals surface area contributed by atoms with Crippen LogP contribution in [0.25, 0.3) is 6.08 Å². The van der Waals surface area contributed by atoms with Crippen molar-refractivity contribution in [3.05, 3.63) is 57.7 Å². The Kier molecular flexibility index (Phi) is 5.52. The van der Waals surface area contributed by atoms with E-state index < -0.39 is 5.97 Å². The van der Waals surface area contributed by atoms with Crippen molar-refractivity contribution in [2.45, 2.75) is 26.2 Å². The molecule has 1 heterocycles. The maximum absolute atomic E-state index is 12.9. The van der Waals surface area contributed by atoms with E-state index in [-0.39, 0.29) is 11.7 Å². The lowest BCUT2D eigenvalue weighted by Crippen LogP contribution is -2.14. The number of carbonyl (C=O) groups excluding carboxylic acids is 2. The van der Waals surface area contributed by atoms with Gasteiger partial charge in [0.25, 0.3) is 0 Å². The molecule has 1 aromatic carbocycles. The van der Waals surface area contributed by atoms with Gasteiger partial charge in [0.2, 0.25) is 5.91 Å². The number of anilines is 1. The minimum Gasteiger partial charge on any atom is -0.465 e. The van der Waals surface area contributed by atoms with Crippen molar-refractivity contribution < 1.29 is 18.7 Å². The number of hydrogen-bond acceptors (Lipinski definition) is 4. The van der Waals surface area contributed by atoms with E-state index in [0.717, 1.165) is 29.7 Å². The first-order valence-electron chi connectivity index (χ1n) is 8.45. The van der Waals surface area contributed by atoms with Crippen LogP contribution in [-0.4, -0.2) is 19.0 Å². The molecule has 1 amide bonds. The normalized spacial score (nSPS) is 16.3. The zero-order valence-electron chi connectivity index (χ0n) is 14.7. The summed E-state index contributed by atoms with van der Waals surface area (Å²) >= 11 is 1.45. The van der Waals surface area contributed by atoms with Crippen LogP contribution < -0.4 is 5.32 Å². The van der Waals surface area contributed by atoms with Crippen LogP contribution in [0.15, 0.2) is 30.3 Å². The van der Waals surface area contributed by atoms with E-state index >= 15 is 0 Å². The molecule has 0 saturated carbocycles. The molecule has 0 bridgehead atoms. The van der Waals surface area contributed by atoms with Gasteiger partial charge in [-0.2, -0.15) is 0 Å². The van der Waals surface area contributed by atoms with Crippen molar-refractivity contribution in [1.29, 1.82) is 0 Å². The topological polar surface area (TPSA) is 55.4 Å². The molecule has 2 aromatic rings. The summed E-state index contributed by atoms with van der Waals surface area (Å²) in [6, 6.07) is 5.84. The minimum atomic E-state index is -0.421. The summed E-state index contributed by atoms with van der Waals surface area (Å²) in [7, 11) is 1.35. The first-order valence-corrected chi connectivity index (χ1v) is 9.27. The molecule has 0 saturated heterocycles. The van der Waals surface area contributed by atoms with Gasteiger partial charge in [0.15, 0.2) is 0 Å². The van der Waals surface area contributed by atoms with Crippen molar-refractivity contribution in [2.24, 2.45) is 5.92 Å². The van der Waals surface area contributed by atoms with Crippen LogP contribution in [0, 0.1) is 11.7 Å². The van der Waals surface area contributed by atoms with Gasteiger partial charge in [-0.1, -0.05) is 19.1 Å². The van der Waals surface area contributed by atoms with Gasteiger partial charge >= 0.3 is 5.97 Å². The van der Waals surface area contributed by atoms with Gasteiger partial charge in [-0.05, 0) is 54.5 Å². The lowest BCUT2D eigenvalue weighted by Gasteiger charge is -2.18. The number of halogens is 1. The van der Waals surface area contributed by atoms with E-state index in [2.05, 4.69) is 12.2 Å². The number of ether oxygens (including phenoxy) is 1. The summed E-state index contributed by atoms with van der Waals surface area (Å²) in [4.78, 5) is 25.6. The summed E-state index contributed by atoms with van der Waals surface area (Å²) in [5, 5.41) is 3.33. The predicted molar refractivity (Wildman–Crippen MR) is 101 cm³/mol. The summed E-state index contributed by atoms with van der Waals surface area (Å²) in [6.07, 6.45) is 5.72. The van der Waals surface area contributed by atoms with Crippen LogP contribution in [0.4, 0.5) is 9.39 Å². The van der Waals surface area contributed by atoms with Gasteiger partial charge in [-0.3, -0.25) is 4.79 Å². The largest absolute Gasteiger partial charge is 0.465 e. The Balaban J connectivity index is 1.81. The average molecular weight is 373 g/mol. The standard InChI is InChI=1S/C20H20FNO3S/c1-12-3-9-15-16(11-12)26-19(18(15)20(24)25-2)22-17(23)10-6-13-4-7-14(21)8-5-13/h4-8,10,12H,3,9,11H2,1-2H3,(H,22,23)/b10-6+. The van der Waals surface area contributed by atoms with Crippen molar-refractivity contribution in [3.63, 3.8) is 0 Å². The molecule has 1 atom stereocenters. The smallest absolute Gasteiger partial charge is 0.341 e. The number of esters is 1. The molecule has 1 N–H and O–H groups in total. The maximum atomic E-state index is 12.9. The van der Waals surface area contributed by atoms with Crippen molar-refractivity contribution in [2.75, 3.05) is 12.4 Å². The number of thiophene rings is 1. The SMILES string of the molecule is COC(=O)c1c(NC(=O)/C=C/c2ccc(F)cc2)sc2c1CCC(C)C2. The van der Waals surface area contributed by atoms with E-state index in [4.69, 9.17) is 4.74 Å². The average Bonchev–Trinajstić information content (AvgIpc) is 2.97. The lowest BCUT2D eigenvalue weighted by atomic mass is 9.88. The number of rotatable bonds is 4. The van der Waals surface area contributed by atoms with Crippen LogP contribution in [0.1, 0.15) is 39.7 Å². The van der Waals surface area contributed by atoms with Gasteiger partial charge in [0.1, 0.15) is 10.8 Å². The first kappa shape index (κ1) is 18.3. The molecule has 26 heavy (non-hydrogen) atoms. The fraction of sp³-hybridized carbons (Fsp3) is 0.300. The van der Waals surface area contributed by atoms with E-state index in [9.17, 15) is 14.0 Å². The molecule has 0 radical (unpaired) electrons. The van der Waals surface area contributed by atoms with Gasteiger partial charge in [0, 0.05) is 11.0 Å². The van der Waals surface area contributed by atoms with Crippen LogP contribution >= 0.6 is 11.3 Å². The molecule has 0 fully saturated rings. The minimum absolute atomic E-state index is 0.326. The third-order valence-corrected chi connectivity index (χ3v) is 5.60.